The maximum absolute atomic E-state index is 12.4. The highest BCUT2D eigenvalue weighted by molar-refractivity contribution is 5.94. The molecule has 1 fully saturated rings. The largest absolute Gasteiger partial charge is 0.461 e. The lowest BCUT2D eigenvalue weighted by molar-refractivity contribution is -0.133. The number of nitrogens with zero attached hydrogens (tertiary/aromatic N) is 2. The Kier molecular flexibility index (Phi) is 6.97. The number of nitrogens with one attached hydrogen (secondary N) is 1. The molecule has 1 amide bonds. The van der Waals surface area contributed by atoms with Gasteiger partial charge in [0.1, 0.15) is 0 Å². The second kappa shape index (κ2) is 9.85. The van der Waals surface area contributed by atoms with Gasteiger partial charge >= 0.3 is 5.97 Å². The summed E-state index contributed by atoms with van der Waals surface area (Å²) in [5, 5.41) is 3.08. The Balaban J connectivity index is 1.75. The van der Waals surface area contributed by atoms with E-state index in [1.54, 1.807) is 18.0 Å². The summed E-state index contributed by atoms with van der Waals surface area (Å²) < 4.78 is 10.4. The van der Waals surface area contributed by atoms with Crippen molar-refractivity contribution >= 4 is 17.6 Å². The quantitative estimate of drug-likeness (QED) is 0.738. The number of amides is 1. The van der Waals surface area contributed by atoms with Gasteiger partial charge in [-0.05, 0) is 30.5 Å². The van der Waals surface area contributed by atoms with Gasteiger partial charge in [0.05, 0.1) is 32.1 Å². The van der Waals surface area contributed by atoms with E-state index in [0.29, 0.717) is 38.4 Å². The summed E-state index contributed by atoms with van der Waals surface area (Å²) in [7, 11) is 0. The number of benzene rings is 1. The Labute approximate surface area is 164 Å². The summed E-state index contributed by atoms with van der Waals surface area (Å²) in [6.45, 7) is 4.36. The second-order valence-electron chi connectivity index (χ2n) is 6.47. The van der Waals surface area contributed by atoms with E-state index >= 15 is 0 Å². The number of esters is 1. The summed E-state index contributed by atoms with van der Waals surface area (Å²) in [4.78, 5) is 30.7. The Morgan fingerprint density at radius 1 is 1.18 bits per heavy atom. The van der Waals surface area contributed by atoms with Gasteiger partial charge in [0.15, 0.2) is 5.69 Å². The van der Waals surface area contributed by atoms with Crippen molar-refractivity contribution in [3.63, 3.8) is 0 Å². The number of anilines is 1. The first kappa shape index (κ1) is 19.8. The summed E-state index contributed by atoms with van der Waals surface area (Å²) in [5.41, 5.74) is 2.78. The molecular formula is C21H25N3O4. The fraction of sp³-hybridized carbons (Fsp3) is 0.381. The Morgan fingerprint density at radius 2 is 1.93 bits per heavy atom. The van der Waals surface area contributed by atoms with Gasteiger partial charge < -0.3 is 19.7 Å². The van der Waals surface area contributed by atoms with Gasteiger partial charge in [-0.1, -0.05) is 30.3 Å². The van der Waals surface area contributed by atoms with Gasteiger partial charge in [0.25, 0.3) is 0 Å². The number of aromatic nitrogens is 1. The lowest BCUT2D eigenvalue weighted by atomic mass is 10.1. The minimum atomic E-state index is -0.505. The SMILES string of the molecule is CCOC(=O)c1ncc(Cc2ccccc2)cc1NCC(=O)N1CCOCC1. The molecule has 0 aliphatic carbocycles. The van der Waals surface area contributed by atoms with Crippen molar-refractivity contribution < 1.29 is 19.1 Å². The second-order valence-corrected chi connectivity index (χ2v) is 6.47. The van der Waals surface area contributed by atoms with Gasteiger partial charge in [0, 0.05) is 19.3 Å². The molecule has 0 bridgehead atoms. The lowest BCUT2D eigenvalue weighted by Gasteiger charge is -2.27. The van der Waals surface area contributed by atoms with Crippen LogP contribution in [0.2, 0.25) is 0 Å². The molecule has 0 unspecified atom stereocenters. The average molecular weight is 383 g/mol. The molecule has 2 aromatic rings. The Bertz CT molecular complexity index is 805. The normalized spacial score (nSPS) is 13.8. The molecule has 0 spiro atoms. The molecule has 2 heterocycles. The van der Waals surface area contributed by atoms with Crippen LogP contribution in [-0.2, 0) is 20.7 Å². The van der Waals surface area contributed by atoms with E-state index in [1.165, 1.54) is 0 Å². The van der Waals surface area contributed by atoms with Crippen LogP contribution in [0.4, 0.5) is 5.69 Å². The van der Waals surface area contributed by atoms with Gasteiger partial charge in [-0.25, -0.2) is 9.78 Å². The van der Waals surface area contributed by atoms with E-state index in [2.05, 4.69) is 10.3 Å². The van der Waals surface area contributed by atoms with Crippen LogP contribution in [0.3, 0.4) is 0 Å². The van der Waals surface area contributed by atoms with Gasteiger partial charge in [0.2, 0.25) is 5.91 Å². The van der Waals surface area contributed by atoms with Crippen molar-refractivity contribution in [3.05, 3.63) is 59.4 Å². The van der Waals surface area contributed by atoms with E-state index in [0.717, 1.165) is 11.1 Å². The lowest BCUT2D eigenvalue weighted by Crippen LogP contribution is -2.43. The number of carbonyl (C=O) groups excluding carboxylic acids is 2. The van der Waals surface area contributed by atoms with Crippen LogP contribution in [0.5, 0.6) is 0 Å². The summed E-state index contributed by atoms with van der Waals surface area (Å²) in [5.74, 6) is -0.540. The molecule has 0 atom stereocenters. The number of hydrogen-bond donors (Lipinski definition) is 1. The van der Waals surface area contributed by atoms with E-state index in [4.69, 9.17) is 9.47 Å². The molecule has 0 radical (unpaired) electrons. The highest BCUT2D eigenvalue weighted by Gasteiger charge is 2.19. The van der Waals surface area contributed by atoms with Crippen molar-refractivity contribution in [1.29, 1.82) is 0 Å². The molecule has 28 heavy (non-hydrogen) atoms. The molecule has 1 aromatic heterocycles. The third-order valence-corrected chi connectivity index (χ3v) is 4.46. The molecule has 7 heteroatoms. The van der Waals surface area contributed by atoms with Crippen molar-refractivity contribution in [2.24, 2.45) is 0 Å². The molecule has 148 valence electrons. The highest BCUT2D eigenvalue weighted by atomic mass is 16.5. The minimum Gasteiger partial charge on any atom is -0.461 e. The van der Waals surface area contributed by atoms with Crippen LogP contribution in [-0.4, -0.2) is 61.2 Å². The summed E-state index contributed by atoms with van der Waals surface area (Å²) >= 11 is 0. The first-order chi connectivity index (χ1) is 13.7. The topological polar surface area (TPSA) is 80.8 Å². The zero-order chi connectivity index (χ0) is 19.8. The Morgan fingerprint density at radius 3 is 2.64 bits per heavy atom. The molecular weight excluding hydrogens is 358 g/mol. The highest BCUT2D eigenvalue weighted by Crippen LogP contribution is 2.19. The molecule has 1 saturated heterocycles. The van der Waals surface area contributed by atoms with Crippen molar-refractivity contribution in [2.75, 3.05) is 44.8 Å². The smallest absolute Gasteiger partial charge is 0.359 e. The molecule has 1 aliphatic rings. The molecule has 0 saturated carbocycles. The van der Waals surface area contributed by atoms with E-state index in [9.17, 15) is 9.59 Å². The van der Waals surface area contributed by atoms with Crippen molar-refractivity contribution in [3.8, 4) is 0 Å². The van der Waals surface area contributed by atoms with E-state index < -0.39 is 5.97 Å². The zero-order valence-electron chi connectivity index (χ0n) is 16.0. The number of ether oxygens (including phenoxy) is 2. The standard InChI is InChI=1S/C21H25N3O4/c1-2-28-21(26)20-18(22-15-19(25)24-8-10-27-11-9-24)13-17(14-23-20)12-16-6-4-3-5-7-16/h3-7,13-14,22H,2,8-12,15H2,1H3. The van der Waals surface area contributed by atoms with Crippen LogP contribution in [0, 0.1) is 0 Å². The van der Waals surface area contributed by atoms with Crippen LogP contribution >= 0.6 is 0 Å². The number of rotatable bonds is 7. The van der Waals surface area contributed by atoms with Gasteiger partial charge in [-0.2, -0.15) is 0 Å². The fourth-order valence-electron chi connectivity index (χ4n) is 3.03. The maximum atomic E-state index is 12.4. The number of hydrogen-bond acceptors (Lipinski definition) is 6. The number of pyridine rings is 1. The van der Waals surface area contributed by atoms with E-state index in [1.807, 2.05) is 36.4 Å². The zero-order valence-corrected chi connectivity index (χ0v) is 16.0. The first-order valence-corrected chi connectivity index (χ1v) is 9.46. The summed E-state index contributed by atoms with van der Waals surface area (Å²) in [6, 6.07) is 11.9. The van der Waals surface area contributed by atoms with Gasteiger partial charge in [-0.15, -0.1) is 0 Å². The van der Waals surface area contributed by atoms with E-state index in [-0.39, 0.29) is 24.8 Å². The molecule has 3 rings (SSSR count). The molecule has 1 N–H and O–H groups in total. The van der Waals surface area contributed by atoms with Crippen LogP contribution in [0.1, 0.15) is 28.5 Å². The predicted molar refractivity (Wildman–Crippen MR) is 105 cm³/mol. The predicted octanol–water partition coefficient (Wildman–Crippen LogP) is 2.12. The van der Waals surface area contributed by atoms with Crippen LogP contribution in [0.15, 0.2) is 42.6 Å². The Hall–Kier alpha value is -2.93. The molecule has 7 nitrogen and oxygen atoms in total. The molecule has 1 aliphatic heterocycles. The number of morpholine rings is 1. The van der Waals surface area contributed by atoms with Crippen LogP contribution < -0.4 is 5.32 Å². The number of carbonyl (C=O) groups is 2. The third-order valence-electron chi connectivity index (χ3n) is 4.46. The maximum Gasteiger partial charge on any atom is 0.359 e. The van der Waals surface area contributed by atoms with Gasteiger partial charge in [-0.3, -0.25) is 4.79 Å². The average Bonchev–Trinajstić information content (AvgIpc) is 2.73. The monoisotopic (exact) mass is 383 g/mol. The van der Waals surface area contributed by atoms with Crippen LogP contribution in [0.25, 0.3) is 0 Å². The van der Waals surface area contributed by atoms with Crippen molar-refractivity contribution in [2.45, 2.75) is 13.3 Å². The summed E-state index contributed by atoms with van der Waals surface area (Å²) in [6.07, 6.45) is 2.36. The molecule has 1 aromatic carbocycles. The first-order valence-electron chi connectivity index (χ1n) is 9.46. The fourth-order valence-corrected chi connectivity index (χ4v) is 3.03. The third kappa shape index (κ3) is 5.29. The minimum absolute atomic E-state index is 0.0356. The van der Waals surface area contributed by atoms with Crippen molar-refractivity contribution in [1.82, 2.24) is 9.88 Å².